The number of carbonyl (C=O) groups is 1. The third kappa shape index (κ3) is 4.91. The van der Waals surface area contributed by atoms with Gasteiger partial charge in [-0.15, -0.1) is 0 Å². The Kier molecular flexibility index (Phi) is 7.62. The summed E-state index contributed by atoms with van der Waals surface area (Å²) in [5, 5.41) is 3.05. The van der Waals surface area contributed by atoms with Gasteiger partial charge in [0.15, 0.2) is 11.5 Å². The molecule has 134 valence electrons. The summed E-state index contributed by atoms with van der Waals surface area (Å²) in [5.74, 6) is 2.24. The van der Waals surface area contributed by atoms with Gasteiger partial charge in [-0.25, -0.2) is 0 Å². The van der Waals surface area contributed by atoms with Crippen molar-refractivity contribution in [1.82, 2.24) is 5.32 Å². The zero-order valence-electron chi connectivity index (χ0n) is 15.7. The average Bonchev–Trinajstić information content (AvgIpc) is 2.55. The first kappa shape index (κ1) is 19.9. The van der Waals surface area contributed by atoms with Crippen molar-refractivity contribution < 1.29 is 19.0 Å². The molecule has 0 aliphatic heterocycles. The summed E-state index contributed by atoms with van der Waals surface area (Å²) in [6.45, 7) is 8.41. The van der Waals surface area contributed by atoms with Gasteiger partial charge in [0.05, 0.1) is 21.3 Å². The molecule has 0 spiro atoms. The van der Waals surface area contributed by atoms with Gasteiger partial charge in [0, 0.05) is 17.7 Å². The molecular weight excluding hydrogens is 306 g/mol. The van der Waals surface area contributed by atoms with Crippen LogP contribution in [0.5, 0.6) is 17.2 Å². The number of nitrogens with one attached hydrogen (secondary N) is 1. The minimum Gasteiger partial charge on any atom is -0.493 e. The van der Waals surface area contributed by atoms with Crippen LogP contribution in [0.2, 0.25) is 0 Å². The Morgan fingerprint density at radius 1 is 0.958 bits per heavy atom. The molecule has 24 heavy (non-hydrogen) atoms. The van der Waals surface area contributed by atoms with Crippen molar-refractivity contribution in [2.45, 2.75) is 33.7 Å². The Hall–Kier alpha value is -2.17. The summed E-state index contributed by atoms with van der Waals surface area (Å²) < 4.78 is 16.0. The number of methoxy groups -OCH3 is 3. The molecule has 0 heterocycles. The maximum atomic E-state index is 12.2. The molecular formula is C19H29NO4. The second-order valence-corrected chi connectivity index (χ2v) is 6.28. The van der Waals surface area contributed by atoms with Crippen LogP contribution in [-0.2, 0) is 4.79 Å². The zero-order chi connectivity index (χ0) is 18.3. The predicted octanol–water partition coefficient (Wildman–Crippen LogP) is 3.52. The number of amides is 1. The summed E-state index contributed by atoms with van der Waals surface area (Å²) in [7, 11) is 4.68. The van der Waals surface area contributed by atoms with Crippen molar-refractivity contribution >= 4 is 12.0 Å². The summed E-state index contributed by atoms with van der Waals surface area (Å²) >= 11 is 0. The zero-order valence-corrected chi connectivity index (χ0v) is 15.7. The van der Waals surface area contributed by atoms with Crippen LogP contribution in [0.25, 0.3) is 6.08 Å². The monoisotopic (exact) mass is 335 g/mol. The van der Waals surface area contributed by atoms with E-state index in [0.29, 0.717) is 29.1 Å². The van der Waals surface area contributed by atoms with Gasteiger partial charge in [-0.1, -0.05) is 27.7 Å². The van der Waals surface area contributed by atoms with E-state index in [9.17, 15) is 4.79 Å². The first-order chi connectivity index (χ1) is 11.3. The van der Waals surface area contributed by atoms with E-state index in [0.717, 1.165) is 5.56 Å². The number of rotatable bonds is 8. The molecule has 1 aromatic carbocycles. The van der Waals surface area contributed by atoms with Gasteiger partial charge in [0.1, 0.15) is 0 Å². The number of hydrogen-bond donors (Lipinski definition) is 1. The van der Waals surface area contributed by atoms with Crippen molar-refractivity contribution in [3.05, 3.63) is 23.8 Å². The summed E-state index contributed by atoms with van der Waals surface area (Å²) in [6.07, 6.45) is 3.23. The molecule has 1 N–H and O–H groups in total. The van der Waals surface area contributed by atoms with Gasteiger partial charge in [0.2, 0.25) is 11.7 Å². The average molecular weight is 335 g/mol. The lowest BCUT2D eigenvalue weighted by molar-refractivity contribution is -0.117. The van der Waals surface area contributed by atoms with Gasteiger partial charge in [0.25, 0.3) is 0 Å². The standard InChI is InChI=1S/C19H29NO4/c1-12(2)17(13(3)4)20-16(21)11-9-14-8-10-15(22-5)19(24-7)18(14)23-6/h8-13,17H,1-7H3,(H,20,21). The highest BCUT2D eigenvalue weighted by Crippen LogP contribution is 2.40. The number of carbonyl (C=O) groups excluding carboxylic acids is 1. The molecule has 0 bridgehead atoms. The fourth-order valence-corrected chi connectivity index (χ4v) is 2.74. The van der Waals surface area contributed by atoms with Gasteiger partial charge in [-0.05, 0) is 30.0 Å². The Labute approximate surface area is 145 Å². The summed E-state index contributed by atoms with van der Waals surface area (Å²) in [4.78, 5) is 12.2. The fourth-order valence-electron chi connectivity index (χ4n) is 2.74. The highest BCUT2D eigenvalue weighted by Gasteiger charge is 2.19. The third-order valence-electron chi connectivity index (χ3n) is 3.89. The lowest BCUT2D eigenvalue weighted by Gasteiger charge is -2.25. The fraction of sp³-hybridized carbons (Fsp3) is 0.526. The quantitative estimate of drug-likeness (QED) is 0.739. The van der Waals surface area contributed by atoms with Gasteiger partial charge in [-0.2, -0.15) is 0 Å². The van der Waals surface area contributed by atoms with E-state index in [-0.39, 0.29) is 11.9 Å². The molecule has 0 saturated heterocycles. The number of benzene rings is 1. The predicted molar refractivity (Wildman–Crippen MR) is 96.7 cm³/mol. The number of ether oxygens (including phenoxy) is 3. The van der Waals surface area contributed by atoms with E-state index >= 15 is 0 Å². The minimum atomic E-state index is -0.126. The van der Waals surface area contributed by atoms with Crippen molar-refractivity contribution in [2.24, 2.45) is 11.8 Å². The Morgan fingerprint density at radius 2 is 1.54 bits per heavy atom. The van der Waals surface area contributed by atoms with E-state index in [2.05, 4.69) is 33.0 Å². The lowest BCUT2D eigenvalue weighted by Crippen LogP contribution is -2.41. The minimum absolute atomic E-state index is 0.126. The lowest BCUT2D eigenvalue weighted by atomic mass is 9.93. The van der Waals surface area contributed by atoms with Crippen molar-refractivity contribution in [3.8, 4) is 17.2 Å². The van der Waals surface area contributed by atoms with Crippen LogP contribution in [0.4, 0.5) is 0 Å². The summed E-state index contributed by atoms with van der Waals surface area (Å²) in [5.41, 5.74) is 0.746. The van der Waals surface area contributed by atoms with Crippen LogP contribution < -0.4 is 19.5 Å². The molecule has 0 aliphatic rings. The molecule has 0 radical (unpaired) electrons. The maximum Gasteiger partial charge on any atom is 0.244 e. The van der Waals surface area contributed by atoms with Gasteiger partial charge >= 0.3 is 0 Å². The molecule has 0 unspecified atom stereocenters. The van der Waals surface area contributed by atoms with Crippen LogP contribution in [-0.4, -0.2) is 33.3 Å². The maximum absolute atomic E-state index is 12.2. The van der Waals surface area contributed by atoms with Crippen molar-refractivity contribution in [3.63, 3.8) is 0 Å². The Bertz CT molecular complexity index is 571. The second kappa shape index (κ2) is 9.21. The molecule has 0 fully saturated rings. The molecule has 0 aromatic heterocycles. The largest absolute Gasteiger partial charge is 0.493 e. The SMILES string of the molecule is COc1ccc(C=CC(=O)NC(C(C)C)C(C)C)c(OC)c1OC. The van der Waals surface area contributed by atoms with E-state index in [4.69, 9.17) is 14.2 Å². The van der Waals surface area contributed by atoms with E-state index in [1.54, 1.807) is 33.5 Å². The highest BCUT2D eigenvalue weighted by molar-refractivity contribution is 5.92. The van der Waals surface area contributed by atoms with E-state index in [1.165, 1.54) is 6.08 Å². The highest BCUT2D eigenvalue weighted by atomic mass is 16.5. The first-order valence-electron chi connectivity index (χ1n) is 8.13. The van der Waals surface area contributed by atoms with E-state index < -0.39 is 0 Å². The molecule has 0 saturated carbocycles. The summed E-state index contributed by atoms with van der Waals surface area (Å²) in [6, 6.07) is 3.74. The van der Waals surface area contributed by atoms with Crippen LogP contribution in [0.15, 0.2) is 18.2 Å². The molecule has 1 rings (SSSR count). The molecule has 5 nitrogen and oxygen atoms in total. The smallest absolute Gasteiger partial charge is 0.244 e. The van der Waals surface area contributed by atoms with Crippen molar-refractivity contribution in [1.29, 1.82) is 0 Å². The van der Waals surface area contributed by atoms with Crippen LogP contribution in [0, 0.1) is 11.8 Å². The topological polar surface area (TPSA) is 56.8 Å². The van der Waals surface area contributed by atoms with Gasteiger partial charge in [-0.3, -0.25) is 4.79 Å². The van der Waals surface area contributed by atoms with Gasteiger partial charge < -0.3 is 19.5 Å². The van der Waals surface area contributed by atoms with Crippen LogP contribution in [0.1, 0.15) is 33.3 Å². The second-order valence-electron chi connectivity index (χ2n) is 6.28. The Balaban J connectivity index is 2.99. The molecule has 0 atom stereocenters. The van der Waals surface area contributed by atoms with Crippen molar-refractivity contribution in [2.75, 3.05) is 21.3 Å². The molecule has 5 heteroatoms. The van der Waals surface area contributed by atoms with E-state index in [1.807, 2.05) is 6.07 Å². The molecule has 0 aliphatic carbocycles. The van der Waals surface area contributed by atoms with Crippen LogP contribution >= 0.6 is 0 Å². The molecule has 1 amide bonds. The third-order valence-corrected chi connectivity index (χ3v) is 3.89. The molecule has 1 aromatic rings. The number of hydrogen-bond acceptors (Lipinski definition) is 4. The normalized spacial score (nSPS) is 11.4. The van der Waals surface area contributed by atoms with Crippen LogP contribution in [0.3, 0.4) is 0 Å². The first-order valence-corrected chi connectivity index (χ1v) is 8.13. The Morgan fingerprint density at radius 3 is 2.00 bits per heavy atom.